The van der Waals surface area contributed by atoms with Crippen LogP contribution in [0, 0.1) is 0 Å². The summed E-state index contributed by atoms with van der Waals surface area (Å²) in [5, 5.41) is 40.9. The van der Waals surface area contributed by atoms with Crippen molar-refractivity contribution in [2.24, 2.45) is 0 Å². The number of alkyl carbamates (subject to hydrolysis) is 1. The van der Waals surface area contributed by atoms with Gasteiger partial charge in [-0.25, -0.2) is 4.79 Å². The molecule has 1 aromatic rings. The third-order valence-corrected chi connectivity index (χ3v) is 3.50. The van der Waals surface area contributed by atoms with E-state index >= 15 is 0 Å². The molecular weight excluding hydrogens is 278 g/mol. The number of hydrogen-bond acceptors (Lipinski definition) is 6. The van der Waals surface area contributed by atoms with E-state index in [1.165, 1.54) is 0 Å². The Morgan fingerprint density at radius 2 is 1.67 bits per heavy atom. The highest BCUT2D eigenvalue weighted by Gasteiger charge is 2.43. The maximum absolute atomic E-state index is 11.7. The first kappa shape index (κ1) is 15.7. The van der Waals surface area contributed by atoms with Crippen LogP contribution in [0.1, 0.15) is 12.0 Å². The Kier molecular flexibility index (Phi) is 5.13. The van der Waals surface area contributed by atoms with Crippen LogP contribution in [-0.4, -0.2) is 57.0 Å². The largest absolute Gasteiger partial charge is 0.445 e. The highest BCUT2D eigenvalue weighted by atomic mass is 16.5. The summed E-state index contributed by atoms with van der Waals surface area (Å²) in [6.07, 6.45) is -6.17. The van der Waals surface area contributed by atoms with Gasteiger partial charge in [0, 0.05) is 6.42 Å². The van der Waals surface area contributed by atoms with Crippen LogP contribution >= 0.6 is 0 Å². The summed E-state index contributed by atoms with van der Waals surface area (Å²) in [5.74, 6) is 0. The lowest BCUT2D eigenvalue weighted by atomic mass is 9.85. The van der Waals surface area contributed by atoms with Crippen molar-refractivity contribution < 1.29 is 30.0 Å². The second kappa shape index (κ2) is 6.86. The normalized spacial score (nSPS) is 32.5. The number of amides is 1. The van der Waals surface area contributed by atoms with E-state index in [9.17, 15) is 25.2 Å². The molecule has 1 saturated carbocycles. The van der Waals surface area contributed by atoms with Crippen LogP contribution in [0.3, 0.4) is 0 Å². The Labute approximate surface area is 121 Å². The lowest BCUT2D eigenvalue weighted by molar-refractivity contribution is -0.127. The SMILES string of the molecule is O=C(NC1[C@@H](O)[C@@H](O)C[C@@H](O)[C@H]1O)OCc1ccccc1. The summed E-state index contributed by atoms with van der Waals surface area (Å²) in [7, 11) is 0. The lowest BCUT2D eigenvalue weighted by Crippen LogP contribution is -2.62. The van der Waals surface area contributed by atoms with Crippen molar-refractivity contribution in [1.82, 2.24) is 5.32 Å². The second-order valence-corrected chi connectivity index (χ2v) is 5.08. The molecule has 0 bridgehead atoms. The number of ether oxygens (including phenoxy) is 1. The van der Waals surface area contributed by atoms with Gasteiger partial charge >= 0.3 is 6.09 Å². The molecule has 0 heterocycles. The highest BCUT2D eigenvalue weighted by molar-refractivity contribution is 5.67. The average Bonchev–Trinajstić information content (AvgIpc) is 2.48. The van der Waals surface area contributed by atoms with Gasteiger partial charge < -0.3 is 30.5 Å². The van der Waals surface area contributed by atoms with Crippen LogP contribution in [0.5, 0.6) is 0 Å². The minimum absolute atomic E-state index is 0.0384. The Hall–Kier alpha value is -1.67. The van der Waals surface area contributed by atoms with Crippen LogP contribution in [0.15, 0.2) is 30.3 Å². The predicted molar refractivity (Wildman–Crippen MR) is 72.2 cm³/mol. The van der Waals surface area contributed by atoms with Gasteiger partial charge in [-0.3, -0.25) is 0 Å². The summed E-state index contributed by atoms with van der Waals surface area (Å²) in [6.45, 7) is 0.0384. The standard InChI is InChI=1S/C14H19NO6/c16-9-6-10(17)13(19)11(12(9)18)15-14(20)21-7-8-4-2-1-3-5-8/h1-5,9-13,16-19H,6-7H2,(H,15,20)/t9-,10+,11?,12-,13+. The van der Waals surface area contributed by atoms with Gasteiger partial charge in [-0.15, -0.1) is 0 Å². The first-order valence-electron chi connectivity index (χ1n) is 6.68. The first-order valence-corrected chi connectivity index (χ1v) is 6.68. The topological polar surface area (TPSA) is 119 Å². The summed E-state index contributed by atoms with van der Waals surface area (Å²) in [6, 6.07) is 7.82. The van der Waals surface area contributed by atoms with Crippen molar-refractivity contribution in [1.29, 1.82) is 0 Å². The zero-order chi connectivity index (χ0) is 15.4. The molecule has 5 atom stereocenters. The quantitative estimate of drug-likeness (QED) is 0.495. The third kappa shape index (κ3) is 3.92. The van der Waals surface area contributed by atoms with Crippen LogP contribution in [0.25, 0.3) is 0 Å². The van der Waals surface area contributed by atoms with E-state index in [1.54, 1.807) is 24.3 Å². The van der Waals surface area contributed by atoms with Gasteiger partial charge in [-0.1, -0.05) is 30.3 Å². The molecule has 7 heteroatoms. The monoisotopic (exact) mass is 297 g/mol. The van der Waals surface area contributed by atoms with E-state index < -0.39 is 36.6 Å². The van der Waals surface area contributed by atoms with Gasteiger partial charge in [0.25, 0.3) is 0 Å². The maximum Gasteiger partial charge on any atom is 0.407 e. The van der Waals surface area contributed by atoms with E-state index in [4.69, 9.17) is 4.74 Å². The van der Waals surface area contributed by atoms with E-state index in [1.807, 2.05) is 6.07 Å². The van der Waals surface area contributed by atoms with Crippen LogP contribution in [0.2, 0.25) is 0 Å². The molecule has 21 heavy (non-hydrogen) atoms. The van der Waals surface area contributed by atoms with Crippen molar-refractivity contribution >= 4 is 6.09 Å². The van der Waals surface area contributed by atoms with Gasteiger partial charge in [-0.2, -0.15) is 0 Å². The maximum atomic E-state index is 11.7. The molecule has 0 spiro atoms. The molecule has 1 amide bonds. The van der Waals surface area contributed by atoms with Gasteiger partial charge in [-0.05, 0) is 5.56 Å². The highest BCUT2D eigenvalue weighted by Crippen LogP contribution is 2.20. The van der Waals surface area contributed by atoms with E-state index in [2.05, 4.69) is 5.32 Å². The second-order valence-electron chi connectivity index (χ2n) is 5.08. The summed E-state index contributed by atoms with van der Waals surface area (Å²) in [5.41, 5.74) is 0.789. The zero-order valence-corrected chi connectivity index (χ0v) is 11.3. The molecule has 1 unspecified atom stereocenters. The number of rotatable bonds is 3. The molecule has 116 valence electrons. The molecule has 0 radical (unpaired) electrons. The van der Waals surface area contributed by atoms with Crippen LogP contribution < -0.4 is 5.32 Å². The minimum Gasteiger partial charge on any atom is -0.445 e. The van der Waals surface area contributed by atoms with Crippen molar-refractivity contribution in [3.63, 3.8) is 0 Å². The molecule has 5 N–H and O–H groups in total. The predicted octanol–water partition coefficient (Wildman–Crippen LogP) is -0.871. The van der Waals surface area contributed by atoms with Crippen molar-refractivity contribution in [3.8, 4) is 0 Å². The van der Waals surface area contributed by atoms with Crippen LogP contribution in [-0.2, 0) is 11.3 Å². The number of benzene rings is 1. The molecule has 1 aliphatic carbocycles. The molecule has 2 rings (SSSR count). The first-order chi connectivity index (χ1) is 9.99. The Morgan fingerprint density at radius 3 is 2.24 bits per heavy atom. The van der Waals surface area contributed by atoms with Crippen molar-refractivity contribution in [3.05, 3.63) is 35.9 Å². The lowest BCUT2D eigenvalue weighted by Gasteiger charge is -2.38. The van der Waals surface area contributed by atoms with Crippen LogP contribution in [0.4, 0.5) is 4.79 Å². The molecule has 1 fully saturated rings. The van der Waals surface area contributed by atoms with E-state index in [0.717, 1.165) is 5.56 Å². The van der Waals surface area contributed by atoms with Gasteiger partial charge in [0.2, 0.25) is 0 Å². The number of aliphatic hydroxyl groups is 4. The van der Waals surface area contributed by atoms with E-state index in [0.29, 0.717) is 0 Å². The summed E-state index contributed by atoms with van der Waals surface area (Å²) in [4.78, 5) is 11.7. The Balaban J connectivity index is 1.89. The Morgan fingerprint density at radius 1 is 1.10 bits per heavy atom. The smallest absolute Gasteiger partial charge is 0.407 e. The fourth-order valence-electron chi connectivity index (χ4n) is 2.28. The molecule has 0 aromatic heterocycles. The number of nitrogens with one attached hydrogen (secondary N) is 1. The van der Waals surface area contributed by atoms with Crippen molar-refractivity contribution in [2.45, 2.75) is 43.5 Å². The van der Waals surface area contributed by atoms with Gasteiger partial charge in [0.05, 0.1) is 18.2 Å². The fraction of sp³-hybridized carbons (Fsp3) is 0.500. The fourth-order valence-corrected chi connectivity index (χ4v) is 2.28. The zero-order valence-electron chi connectivity index (χ0n) is 11.3. The summed E-state index contributed by atoms with van der Waals surface area (Å²) >= 11 is 0. The molecule has 7 nitrogen and oxygen atoms in total. The van der Waals surface area contributed by atoms with Gasteiger partial charge in [0.15, 0.2) is 0 Å². The Bertz CT molecular complexity index is 454. The molecule has 1 aliphatic rings. The third-order valence-electron chi connectivity index (χ3n) is 3.50. The summed E-state index contributed by atoms with van der Waals surface area (Å²) < 4.78 is 4.96. The minimum atomic E-state index is -1.37. The van der Waals surface area contributed by atoms with E-state index in [-0.39, 0.29) is 13.0 Å². The molecule has 0 aliphatic heterocycles. The molecular formula is C14H19NO6. The average molecular weight is 297 g/mol. The number of aliphatic hydroxyl groups excluding tert-OH is 4. The number of carbonyl (C=O) groups excluding carboxylic acids is 1. The number of hydrogen-bond donors (Lipinski definition) is 5. The molecule has 0 saturated heterocycles. The van der Waals surface area contributed by atoms with Crippen molar-refractivity contribution in [2.75, 3.05) is 0 Å². The van der Waals surface area contributed by atoms with Gasteiger partial charge in [0.1, 0.15) is 18.8 Å². The molecule has 1 aromatic carbocycles. The number of carbonyl (C=O) groups is 1.